The standard InChI is InChI=1S/C29H36O7/c1-14(30)34-17-7-9-28(3)16(11-17)5-6-18-21(28)8-10-29(4)22(18)12-19-24-20(26(32)36-27(24)33)13-23(25(19)29)35-15(2)31/h5,17-22,24H,6-13H2,1-4H3/t17-,18+,19+,20+,21-,22-,24+,28-,29-/m0/s1. The molecule has 1 aliphatic heterocycles. The van der Waals surface area contributed by atoms with E-state index in [4.69, 9.17) is 14.2 Å². The van der Waals surface area contributed by atoms with Crippen LogP contribution in [0.3, 0.4) is 0 Å². The zero-order valence-electron chi connectivity index (χ0n) is 21.6. The number of cyclic esters (lactones) is 2. The predicted octanol–water partition coefficient (Wildman–Crippen LogP) is 4.64. The van der Waals surface area contributed by atoms with Crippen molar-refractivity contribution < 1.29 is 33.4 Å². The quantitative estimate of drug-likeness (QED) is 0.238. The van der Waals surface area contributed by atoms with E-state index in [1.54, 1.807) is 0 Å². The minimum Gasteiger partial charge on any atom is -0.462 e. The van der Waals surface area contributed by atoms with Crippen molar-refractivity contribution in [3.05, 3.63) is 23.0 Å². The summed E-state index contributed by atoms with van der Waals surface area (Å²) in [4.78, 5) is 48.9. The summed E-state index contributed by atoms with van der Waals surface area (Å²) in [5, 5.41) is 0. The zero-order chi connectivity index (χ0) is 25.6. The van der Waals surface area contributed by atoms with Crippen molar-refractivity contribution in [3.63, 3.8) is 0 Å². The lowest BCUT2D eigenvalue weighted by molar-refractivity contribution is -0.154. The third-order valence-electron chi connectivity index (χ3n) is 10.9. The highest BCUT2D eigenvalue weighted by molar-refractivity contribution is 5.97. The molecular weight excluding hydrogens is 460 g/mol. The summed E-state index contributed by atoms with van der Waals surface area (Å²) >= 11 is 0. The maximum atomic E-state index is 12.8. The van der Waals surface area contributed by atoms with Gasteiger partial charge < -0.3 is 14.2 Å². The van der Waals surface area contributed by atoms with E-state index in [9.17, 15) is 19.2 Å². The molecule has 0 aromatic heterocycles. The van der Waals surface area contributed by atoms with Crippen molar-refractivity contribution >= 4 is 23.9 Å². The van der Waals surface area contributed by atoms with Gasteiger partial charge in [-0.05, 0) is 78.6 Å². The number of fused-ring (bicyclic) bond motifs is 9. The molecule has 0 bridgehead atoms. The second-order valence-electron chi connectivity index (χ2n) is 12.5. The third-order valence-corrected chi connectivity index (χ3v) is 10.9. The number of hydrogen-bond acceptors (Lipinski definition) is 7. The Hall–Kier alpha value is -2.44. The molecule has 0 N–H and O–H groups in total. The molecule has 5 aliphatic carbocycles. The Labute approximate surface area is 212 Å². The molecule has 6 aliphatic rings. The topological polar surface area (TPSA) is 96.0 Å². The highest BCUT2D eigenvalue weighted by Crippen LogP contribution is 2.70. The van der Waals surface area contributed by atoms with Crippen molar-refractivity contribution in [2.75, 3.05) is 0 Å². The molecule has 4 fully saturated rings. The maximum Gasteiger partial charge on any atom is 0.318 e. The summed E-state index contributed by atoms with van der Waals surface area (Å²) in [7, 11) is 0. The summed E-state index contributed by atoms with van der Waals surface area (Å²) in [6.07, 6.45) is 9.23. The van der Waals surface area contributed by atoms with Gasteiger partial charge in [0.1, 0.15) is 11.9 Å². The first-order valence-electron chi connectivity index (χ1n) is 13.6. The van der Waals surface area contributed by atoms with Crippen molar-refractivity contribution in [2.24, 2.45) is 46.3 Å². The van der Waals surface area contributed by atoms with Gasteiger partial charge in [-0.2, -0.15) is 0 Å². The Morgan fingerprint density at radius 3 is 2.42 bits per heavy atom. The van der Waals surface area contributed by atoms with Gasteiger partial charge >= 0.3 is 23.9 Å². The van der Waals surface area contributed by atoms with Gasteiger partial charge in [0.25, 0.3) is 0 Å². The van der Waals surface area contributed by atoms with Crippen LogP contribution in [0.4, 0.5) is 0 Å². The first kappa shape index (κ1) is 23.9. The summed E-state index contributed by atoms with van der Waals surface area (Å²) in [5.41, 5.74) is 2.47. The number of rotatable bonds is 2. The number of ether oxygens (including phenoxy) is 3. The second kappa shape index (κ2) is 8.03. The van der Waals surface area contributed by atoms with Crippen molar-refractivity contribution in [1.82, 2.24) is 0 Å². The molecule has 1 heterocycles. The Morgan fingerprint density at radius 2 is 1.69 bits per heavy atom. The highest BCUT2D eigenvalue weighted by atomic mass is 16.6. The molecule has 0 aromatic rings. The molecule has 0 radical (unpaired) electrons. The van der Waals surface area contributed by atoms with Crippen LogP contribution >= 0.6 is 0 Å². The van der Waals surface area contributed by atoms with E-state index in [2.05, 4.69) is 19.9 Å². The molecule has 194 valence electrons. The summed E-state index contributed by atoms with van der Waals surface area (Å²) in [6.45, 7) is 7.59. The Balaban J connectivity index is 1.36. The fraction of sp³-hybridized carbons (Fsp3) is 0.724. The van der Waals surface area contributed by atoms with Crippen molar-refractivity contribution in [2.45, 2.75) is 85.2 Å². The van der Waals surface area contributed by atoms with E-state index in [1.165, 1.54) is 19.4 Å². The average Bonchev–Trinajstić information content (AvgIpc) is 3.26. The van der Waals surface area contributed by atoms with Crippen LogP contribution in [0.2, 0.25) is 0 Å². The molecule has 7 nitrogen and oxygen atoms in total. The Kier molecular flexibility index (Phi) is 5.34. The monoisotopic (exact) mass is 496 g/mol. The first-order valence-corrected chi connectivity index (χ1v) is 13.6. The SMILES string of the molecule is CC(=O)OC1=C2[C@H](C[C@H]3[C@@H]4CC=C5C[C@@H](OC(C)=O)CC[C@]5(C)[C@H]4CC[C@]23C)[C@H]2C(=O)OC(=O)[C@@H]2C1. The molecule has 0 amide bonds. The minimum atomic E-state index is -0.549. The van der Waals surface area contributed by atoms with E-state index in [0.717, 1.165) is 50.5 Å². The lowest BCUT2D eigenvalue weighted by Crippen LogP contribution is -2.50. The molecule has 9 atom stereocenters. The molecule has 3 saturated carbocycles. The molecule has 36 heavy (non-hydrogen) atoms. The van der Waals surface area contributed by atoms with E-state index in [1.807, 2.05) is 0 Å². The smallest absolute Gasteiger partial charge is 0.318 e. The number of carbonyl (C=O) groups excluding carboxylic acids is 4. The Bertz CT molecular complexity index is 1120. The predicted molar refractivity (Wildman–Crippen MR) is 128 cm³/mol. The van der Waals surface area contributed by atoms with E-state index >= 15 is 0 Å². The van der Waals surface area contributed by atoms with E-state index in [-0.39, 0.29) is 41.2 Å². The van der Waals surface area contributed by atoms with Crippen LogP contribution in [-0.2, 0) is 33.4 Å². The van der Waals surface area contributed by atoms with Crippen LogP contribution in [0.1, 0.15) is 79.1 Å². The van der Waals surface area contributed by atoms with Crippen LogP contribution < -0.4 is 0 Å². The zero-order valence-corrected chi connectivity index (χ0v) is 21.6. The van der Waals surface area contributed by atoms with Crippen LogP contribution in [0, 0.1) is 46.3 Å². The van der Waals surface area contributed by atoms with Crippen molar-refractivity contribution in [3.8, 4) is 0 Å². The van der Waals surface area contributed by atoms with Gasteiger partial charge in [0.15, 0.2) is 0 Å². The first-order chi connectivity index (χ1) is 17.0. The largest absolute Gasteiger partial charge is 0.462 e. The number of esters is 4. The lowest BCUT2D eigenvalue weighted by atomic mass is 9.47. The summed E-state index contributed by atoms with van der Waals surface area (Å²) in [5.74, 6) is -0.634. The molecule has 7 heteroatoms. The normalized spacial score (nSPS) is 44.9. The summed E-state index contributed by atoms with van der Waals surface area (Å²) in [6, 6.07) is 0. The molecule has 1 saturated heterocycles. The lowest BCUT2D eigenvalue weighted by Gasteiger charge is -2.57. The van der Waals surface area contributed by atoms with Crippen LogP contribution in [0.5, 0.6) is 0 Å². The van der Waals surface area contributed by atoms with Crippen LogP contribution in [-0.4, -0.2) is 30.0 Å². The number of carbonyl (C=O) groups is 4. The van der Waals surface area contributed by atoms with Gasteiger partial charge in [-0.25, -0.2) is 0 Å². The fourth-order valence-electron chi connectivity index (χ4n) is 9.51. The molecule has 0 spiro atoms. The van der Waals surface area contributed by atoms with Gasteiger partial charge in [-0.3, -0.25) is 19.2 Å². The highest BCUT2D eigenvalue weighted by Gasteiger charge is 2.65. The van der Waals surface area contributed by atoms with Gasteiger partial charge in [0, 0.05) is 26.7 Å². The summed E-state index contributed by atoms with van der Waals surface area (Å²) < 4.78 is 16.4. The van der Waals surface area contributed by atoms with Gasteiger partial charge in [0.05, 0.1) is 11.8 Å². The van der Waals surface area contributed by atoms with E-state index in [0.29, 0.717) is 23.5 Å². The average molecular weight is 497 g/mol. The van der Waals surface area contributed by atoms with Crippen LogP contribution in [0.25, 0.3) is 0 Å². The minimum absolute atomic E-state index is 0.0270. The van der Waals surface area contributed by atoms with Gasteiger partial charge in [-0.1, -0.05) is 25.5 Å². The van der Waals surface area contributed by atoms with Gasteiger partial charge in [0.2, 0.25) is 0 Å². The number of hydrogen-bond donors (Lipinski definition) is 0. The van der Waals surface area contributed by atoms with E-state index < -0.39 is 23.8 Å². The fourth-order valence-corrected chi connectivity index (χ4v) is 9.51. The molecule has 0 unspecified atom stereocenters. The second-order valence-corrected chi connectivity index (χ2v) is 12.5. The third kappa shape index (κ3) is 3.30. The Morgan fingerprint density at radius 1 is 0.944 bits per heavy atom. The molecule has 0 aromatic carbocycles. The van der Waals surface area contributed by atoms with Gasteiger partial charge in [-0.15, -0.1) is 0 Å². The molecule has 6 rings (SSSR count). The molecular formula is C29H36O7. The van der Waals surface area contributed by atoms with Crippen molar-refractivity contribution in [1.29, 1.82) is 0 Å². The number of allylic oxidation sites excluding steroid dienone is 3. The maximum absolute atomic E-state index is 12.8. The van der Waals surface area contributed by atoms with Crippen LogP contribution in [0.15, 0.2) is 23.0 Å².